The number of pyridine rings is 1. The molecule has 0 amide bonds. The van der Waals surface area contributed by atoms with Crippen molar-refractivity contribution in [3.63, 3.8) is 0 Å². The minimum absolute atomic E-state index is 0.0332. The molecule has 2 N–H and O–H groups in total. The van der Waals surface area contributed by atoms with Gasteiger partial charge in [-0.1, -0.05) is 6.92 Å². The van der Waals surface area contributed by atoms with Crippen LogP contribution in [0.4, 0.5) is 19.0 Å². The highest BCUT2D eigenvalue weighted by Gasteiger charge is 2.11. The zero-order chi connectivity index (χ0) is 11.4. The lowest BCUT2D eigenvalue weighted by atomic mass is 10.3. The fourth-order valence-corrected chi connectivity index (χ4v) is 0.927. The smallest absolute Gasteiger partial charge is 0.251 e. The van der Waals surface area contributed by atoms with Crippen LogP contribution in [-0.2, 0) is 0 Å². The number of hydrogen-bond acceptors (Lipinski definition) is 3. The van der Waals surface area contributed by atoms with Crippen LogP contribution < -0.4 is 5.32 Å². The molecular weight excluding hydrogens is 209 g/mol. The van der Waals surface area contributed by atoms with E-state index in [2.05, 4.69) is 10.3 Å². The van der Waals surface area contributed by atoms with Gasteiger partial charge in [0.05, 0.1) is 6.10 Å². The van der Waals surface area contributed by atoms with Crippen molar-refractivity contribution >= 4 is 5.82 Å². The van der Waals surface area contributed by atoms with Crippen LogP contribution in [0.25, 0.3) is 0 Å². The first-order valence-corrected chi connectivity index (χ1v) is 4.48. The Bertz CT molecular complexity index is 346. The highest BCUT2D eigenvalue weighted by Crippen LogP contribution is 2.14. The summed E-state index contributed by atoms with van der Waals surface area (Å²) in [6.07, 6.45) is -0.211. The van der Waals surface area contributed by atoms with Gasteiger partial charge >= 0.3 is 0 Å². The summed E-state index contributed by atoms with van der Waals surface area (Å²) < 4.78 is 38.1. The fraction of sp³-hybridized carbons (Fsp3) is 0.444. The SMILES string of the molecule is CCC(O)CNc1nc(F)c(F)cc1F. The van der Waals surface area contributed by atoms with Crippen LogP contribution in [0, 0.1) is 17.6 Å². The summed E-state index contributed by atoms with van der Waals surface area (Å²) in [6, 6.07) is 0.406. The van der Waals surface area contributed by atoms with E-state index in [1.54, 1.807) is 6.92 Å². The van der Waals surface area contributed by atoms with Gasteiger partial charge in [0.25, 0.3) is 5.95 Å². The number of anilines is 1. The molecule has 6 heteroatoms. The third kappa shape index (κ3) is 3.09. The first-order chi connectivity index (χ1) is 7.04. The molecule has 1 aromatic rings. The van der Waals surface area contributed by atoms with E-state index < -0.39 is 29.5 Å². The zero-order valence-corrected chi connectivity index (χ0v) is 8.10. The summed E-state index contributed by atoms with van der Waals surface area (Å²) in [5, 5.41) is 11.5. The van der Waals surface area contributed by atoms with Gasteiger partial charge in [0.15, 0.2) is 17.5 Å². The van der Waals surface area contributed by atoms with Crippen LogP contribution in [-0.4, -0.2) is 22.7 Å². The van der Waals surface area contributed by atoms with Gasteiger partial charge in [-0.15, -0.1) is 0 Å². The third-order valence-electron chi connectivity index (χ3n) is 1.86. The van der Waals surface area contributed by atoms with Crippen LogP contribution in [0.1, 0.15) is 13.3 Å². The lowest BCUT2D eigenvalue weighted by Crippen LogP contribution is -2.19. The Kier molecular flexibility index (Phi) is 3.90. The molecule has 0 aliphatic carbocycles. The summed E-state index contributed by atoms with van der Waals surface area (Å²) in [7, 11) is 0. The highest BCUT2D eigenvalue weighted by atomic mass is 19.2. The van der Waals surface area contributed by atoms with Gasteiger partial charge in [0.2, 0.25) is 0 Å². The van der Waals surface area contributed by atoms with E-state index >= 15 is 0 Å². The van der Waals surface area contributed by atoms with Gasteiger partial charge in [0, 0.05) is 12.6 Å². The lowest BCUT2D eigenvalue weighted by molar-refractivity contribution is 0.183. The highest BCUT2D eigenvalue weighted by molar-refractivity contribution is 5.36. The van der Waals surface area contributed by atoms with Gasteiger partial charge in [0.1, 0.15) is 0 Å². The number of aliphatic hydroxyl groups excluding tert-OH is 1. The van der Waals surface area contributed by atoms with E-state index in [0.717, 1.165) is 0 Å². The van der Waals surface area contributed by atoms with Gasteiger partial charge in [-0.2, -0.15) is 9.37 Å². The van der Waals surface area contributed by atoms with Crippen LogP contribution in [0.2, 0.25) is 0 Å². The van der Waals surface area contributed by atoms with Crippen molar-refractivity contribution in [1.29, 1.82) is 0 Å². The molecule has 0 aliphatic rings. The number of nitrogens with one attached hydrogen (secondary N) is 1. The van der Waals surface area contributed by atoms with Crippen molar-refractivity contribution < 1.29 is 18.3 Å². The second kappa shape index (κ2) is 4.97. The summed E-state index contributed by atoms with van der Waals surface area (Å²) in [5.74, 6) is -4.10. The number of aliphatic hydroxyl groups is 1. The van der Waals surface area contributed by atoms with E-state index in [4.69, 9.17) is 5.11 Å². The molecule has 1 atom stereocenters. The Morgan fingerprint density at radius 1 is 1.40 bits per heavy atom. The third-order valence-corrected chi connectivity index (χ3v) is 1.86. The Morgan fingerprint density at radius 3 is 2.67 bits per heavy atom. The molecule has 0 spiro atoms. The molecule has 1 heterocycles. The van der Waals surface area contributed by atoms with Gasteiger partial charge in [-0.25, -0.2) is 8.78 Å². The van der Waals surface area contributed by atoms with Crippen LogP contribution >= 0.6 is 0 Å². The largest absolute Gasteiger partial charge is 0.391 e. The second-order valence-corrected chi connectivity index (χ2v) is 3.03. The summed E-state index contributed by atoms with van der Waals surface area (Å²) in [5.41, 5.74) is 0. The van der Waals surface area contributed by atoms with Crippen molar-refractivity contribution in [2.45, 2.75) is 19.4 Å². The molecule has 0 aromatic carbocycles. The molecule has 0 aliphatic heterocycles. The number of hydrogen-bond donors (Lipinski definition) is 2. The molecule has 0 saturated heterocycles. The molecule has 15 heavy (non-hydrogen) atoms. The van der Waals surface area contributed by atoms with Crippen LogP contribution in [0.3, 0.4) is 0 Å². The minimum Gasteiger partial charge on any atom is -0.391 e. The molecule has 0 saturated carbocycles. The van der Waals surface area contributed by atoms with Crippen molar-refractivity contribution in [1.82, 2.24) is 4.98 Å². The maximum Gasteiger partial charge on any atom is 0.251 e. The monoisotopic (exact) mass is 220 g/mol. The normalized spacial score (nSPS) is 12.6. The topological polar surface area (TPSA) is 45.1 Å². The molecule has 0 bridgehead atoms. The maximum absolute atomic E-state index is 13.0. The average Bonchev–Trinajstić information content (AvgIpc) is 2.21. The number of halogens is 3. The number of nitrogens with zero attached hydrogens (tertiary/aromatic N) is 1. The molecule has 0 radical (unpaired) electrons. The molecule has 84 valence electrons. The lowest BCUT2D eigenvalue weighted by Gasteiger charge is -2.10. The number of aromatic nitrogens is 1. The van der Waals surface area contributed by atoms with Crippen molar-refractivity contribution in [2.75, 3.05) is 11.9 Å². The average molecular weight is 220 g/mol. The molecule has 3 nitrogen and oxygen atoms in total. The Hall–Kier alpha value is -1.30. The Balaban J connectivity index is 2.73. The van der Waals surface area contributed by atoms with E-state index in [9.17, 15) is 13.2 Å². The van der Waals surface area contributed by atoms with Crippen LogP contribution in [0.15, 0.2) is 6.07 Å². The summed E-state index contributed by atoms with van der Waals surface area (Å²) in [6.45, 7) is 1.77. The minimum atomic E-state index is -1.37. The molecule has 1 aromatic heterocycles. The van der Waals surface area contributed by atoms with Crippen molar-refractivity contribution in [3.8, 4) is 0 Å². The van der Waals surface area contributed by atoms with Gasteiger partial charge in [-0.3, -0.25) is 0 Å². The predicted molar refractivity (Wildman–Crippen MR) is 48.9 cm³/mol. The predicted octanol–water partition coefficient (Wildman–Crippen LogP) is 1.68. The standard InChI is InChI=1S/C9H11F3N2O/c1-2-5(15)4-13-9-7(11)3-6(10)8(12)14-9/h3,5,15H,2,4H2,1H3,(H,13,14). The molecule has 1 rings (SSSR count). The summed E-state index contributed by atoms with van der Waals surface area (Å²) >= 11 is 0. The number of rotatable bonds is 4. The first kappa shape index (κ1) is 11.8. The quantitative estimate of drug-likeness (QED) is 0.759. The van der Waals surface area contributed by atoms with E-state index in [0.29, 0.717) is 12.5 Å². The Labute approximate surface area is 85.0 Å². The van der Waals surface area contributed by atoms with Gasteiger partial charge < -0.3 is 10.4 Å². The summed E-state index contributed by atoms with van der Waals surface area (Å²) in [4.78, 5) is 3.04. The van der Waals surface area contributed by atoms with E-state index in [1.165, 1.54) is 0 Å². The van der Waals surface area contributed by atoms with Crippen molar-refractivity contribution in [3.05, 3.63) is 23.6 Å². The second-order valence-electron chi connectivity index (χ2n) is 3.03. The van der Waals surface area contributed by atoms with Crippen LogP contribution in [0.5, 0.6) is 0 Å². The Morgan fingerprint density at radius 2 is 2.07 bits per heavy atom. The molecule has 1 unspecified atom stereocenters. The van der Waals surface area contributed by atoms with E-state index in [1.807, 2.05) is 0 Å². The van der Waals surface area contributed by atoms with Crippen molar-refractivity contribution in [2.24, 2.45) is 0 Å². The first-order valence-electron chi connectivity index (χ1n) is 4.48. The maximum atomic E-state index is 13.0. The fourth-order valence-electron chi connectivity index (χ4n) is 0.927. The molecular formula is C9H11F3N2O. The zero-order valence-electron chi connectivity index (χ0n) is 8.10. The molecule has 0 fully saturated rings. The van der Waals surface area contributed by atoms with E-state index in [-0.39, 0.29) is 6.54 Å². The van der Waals surface area contributed by atoms with Gasteiger partial charge in [-0.05, 0) is 6.42 Å².